The predicted molar refractivity (Wildman–Crippen MR) is 168 cm³/mol. The van der Waals surface area contributed by atoms with E-state index in [0.29, 0.717) is 37.9 Å². The minimum Gasteiger partial charge on any atom is -0.378 e. The highest BCUT2D eigenvalue weighted by molar-refractivity contribution is 5.98. The first kappa shape index (κ1) is 30.3. The van der Waals surface area contributed by atoms with Crippen molar-refractivity contribution in [2.24, 2.45) is 18.9 Å². The summed E-state index contributed by atoms with van der Waals surface area (Å²) in [7, 11) is 1.96. The van der Waals surface area contributed by atoms with Crippen molar-refractivity contribution in [3.63, 3.8) is 0 Å². The van der Waals surface area contributed by atoms with Gasteiger partial charge in [0.1, 0.15) is 11.6 Å². The van der Waals surface area contributed by atoms with Gasteiger partial charge in [-0.1, -0.05) is 57.2 Å². The Hall–Kier alpha value is -4.20. The highest BCUT2D eigenvalue weighted by Gasteiger charge is 2.43. The van der Waals surface area contributed by atoms with E-state index in [9.17, 15) is 9.59 Å². The number of carbonyl (C=O) groups excluding carboxylic acids is 2. The Bertz CT molecular complexity index is 1530. The number of aryl methyl sites for hydroxylation is 2. The smallest absolute Gasteiger partial charge is 0.257 e. The zero-order chi connectivity index (χ0) is 30.7. The molecule has 2 aliphatic rings. The summed E-state index contributed by atoms with van der Waals surface area (Å²) in [5.74, 6) is -0.638. The van der Waals surface area contributed by atoms with Crippen molar-refractivity contribution in [1.29, 1.82) is 0 Å². The molecule has 2 amide bonds. The van der Waals surface area contributed by atoms with Crippen LogP contribution >= 0.6 is 0 Å². The zero-order valence-corrected chi connectivity index (χ0v) is 25.7. The van der Waals surface area contributed by atoms with Gasteiger partial charge in [-0.05, 0) is 67.0 Å². The van der Waals surface area contributed by atoms with E-state index in [1.165, 1.54) is 6.07 Å². The summed E-state index contributed by atoms with van der Waals surface area (Å²) in [5, 5.41) is 6.58. The van der Waals surface area contributed by atoms with Crippen LogP contribution in [0.5, 0.6) is 0 Å². The fourth-order valence-electron chi connectivity index (χ4n) is 6.19. The van der Waals surface area contributed by atoms with Crippen LogP contribution in [-0.2, 0) is 23.8 Å². The van der Waals surface area contributed by atoms with Crippen molar-refractivity contribution in [3.05, 3.63) is 107 Å². The molecular formula is C35H42FN5O2. The Morgan fingerprint density at radius 1 is 1.14 bits per heavy atom. The van der Waals surface area contributed by atoms with E-state index in [2.05, 4.69) is 54.6 Å². The van der Waals surface area contributed by atoms with Gasteiger partial charge in [0, 0.05) is 43.3 Å². The Balaban J connectivity index is 1.41. The maximum Gasteiger partial charge on any atom is 0.257 e. The number of halogens is 1. The number of imidazole rings is 1. The monoisotopic (exact) mass is 583 g/mol. The third-order valence-corrected chi connectivity index (χ3v) is 8.66. The summed E-state index contributed by atoms with van der Waals surface area (Å²) in [6, 6.07) is 12.2. The van der Waals surface area contributed by atoms with Crippen LogP contribution in [0.25, 0.3) is 0 Å². The van der Waals surface area contributed by atoms with E-state index >= 15 is 4.39 Å². The molecule has 43 heavy (non-hydrogen) atoms. The molecule has 2 N–H and O–H groups in total. The number of allylic oxidation sites excluding steroid dienone is 2. The maximum atomic E-state index is 15.0. The average molecular weight is 584 g/mol. The van der Waals surface area contributed by atoms with E-state index in [4.69, 9.17) is 0 Å². The molecule has 0 spiro atoms. The molecule has 1 aromatic heterocycles. The summed E-state index contributed by atoms with van der Waals surface area (Å²) >= 11 is 0. The molecule has 226 valence electrons. The molecule has 3 atom stereocenters. The molecule has 1 aliphatic heterocycles. The molecule has 0 radical (unpaired) electrons. The van der Waals surface area contributed by atoms with Crippen molar-refractivity contribution >= 4 is 17.5 Å². The number of amides is 2. The molecule has 3 aromatic rings. The van der Waals surface area contributed by atoms with Gasteiger partial charge in [0.25, 0.3) is 5.91 Å². The molecule has 2 heterocycles. The second-order valence-electron chi connectivity index (χ2n) is 12.7. The largest absolute Gasteiger partial charge is 0.378 e. The molecule has 1 unspecified atom stereocenters. The van der Waals surface area contributed by atoms with Gasteiger partial charge >= 0.3 is 0 Å². The number of piperidine rings is 1. The van der Waals surface area contributed by atoms with Gasteiger partial charge in [0.2, 0.25) is 5.91 Å². The van der Waals surface area contributed by atoms with Crippen LogP contribution in [-0.4, -0.2) is 38.9 Å². The summed E-state index contributed by atoms with van der Waals surface area (Å²) in [4.78, 5) is 34.1. The summed E-state index contributed by atoms with van der Waals surface area (Å²) in [5.41, 5.74) is 3.45. The maximum absolute atomic E-state index is 15.0. The van der Waals surface area contributed by atoms with Crippen molar-refractivity contribution in [2.45, 2.75) is 65.0 Å². The Kier molecular flexibility index (Phi) is 8.85. The molecule has 0 bridgehead atoms. The van der Waals surface area contributed by atoms with Crippen LogP contribution < -0.4 is 10.6 Å². The topological polar surface area (TPSA) is 79.3 Å². The van der Waals surface area contributed by atoms with E-state index in [-0.39, 0.29) is 28.7 Å². The zero-order valence-electron chi connectivity index (χ0n) is 25.7. The van der Waals surface area contributed by atoms with Gasteiger partial charge in [-0.3, -0.25) is 9.59 Å². The SMILES string of the molecule is Cc1cccc(F)c1C(=O)N1CCC[C@H](C(=O)Nc2cccc(C(C)(C)C)c2)[C@@H]1C1C=CC(NCc2nccn2C)=CC1. The lowest BCUT2D eigenvalue weighted by molar-refractivity contribution is -0.123. The number of aromatic nitrogens is 2. The molecule has 1 aliphatic carbocycles. The lowest BCUT2D eigenvalue weighted by atomic mass is 9.77. The van der Waals surface area contributed by atoms with Crippen LogP contribution in [0.3, 0.4) is 0 Å². The van der Waals surface area contributed by atoms with Gasteiger partial charge in [0.15, 0.2) is 0 Å². The third kappa shape index (κ3) is 6.74. The van der Waals surface area contributed by atoms with Crippen molar-refractivity contribution in [2.75, 3.05) is 11.9 Å². The minimum absolute atomic E-state index is 0.0593. The fourth-order valence-corrected chi connectivity index (χ4v) is 6.19. The normalized spacial score (nSPS) is 20.5. The number of rotatable bonds is 7. The predicted octanol–water partition coefficient (Wildman–Crippen LogP) is 6.27. The lowest BCUT2D eigenvalue weighted by Crippen LogP contribution is -2.55. The van der Waals surface area contributed by atoms with Crippen LogP contribution in [0.2, 0.25) is 0 Å². The quantitative estimate of drug-likeness (QED) is 0.344. The van der Waals surface area contributed by atoms with E-state index in [1.54, 1.807) is 30.2 Å². The van der Waals surface area contributed by atoms with Crippen LogP contribution in [0, 0.1) is 24.6 Å². The molecule has 8 heteroatoms. The number of likely N-dealkylation sites (tertiary alicyclic amines) is 1. The highest BCUT2D eigenvalue weighted by Crippen LogP contribution is 2.36. The summed E-state index contributed by atoms with van der Waals surface area (Å²) in [6.45, 7) is 9.23. The molecular weight excluding hydrogens is 541 g/mol. The first-order chi connectivity index (χ1) is 20.5. The van der Waals surface area contributed by atoms with Crippen LogP contribution in [0.4, 0.5) is 10.1 Å². The van der Waals surface area contributed by atoms with E-state index < -0.39 is 17.8 Å². The van der Waals surface area contributed by atoms with Crippen LogP contribution in [0.1, 0.15) is 67.3 Å². The minimum atomic E-state index is -0.533. The standard InChI is InChI=1S/C35H42FN5O2/c1-23-9-6-13-29(36)31(23)34(43)41-19-8-12-28(33(42)39-27-11-7-10-25(21-27)35(2,3)4)32(41)24-14-16-26(17-15-24)38-22-30-37-18-20-40(30)5/h6-7,9-11,13-14,16-18,20-21,24,28,32,38H,8,12,15,19,22H2,1-5H3,(H,39,42)/t24?,28-,32-/m0/s1. The first-order valence-electron chi connectivity index (χ1n) is 15.1. The average Bonchev–Trinajstić information content (AvgIpc) is 3.40. The van der Waals surface area contributed by atoms with E-state index in [1.807, 2.05) is 42.1 Å². The second kappa shape index (κ2) is 12.6. The number of anilines is 1. The van der Waals surface area contributed by atoms with Gasteiger partial charge in [-0.2, -0.15) is 0 Å². The second-order valence-corrected chi connectivity index (χ2v) is 12.7. The van der Waals surface area contributed by atoms with Gasteiger partial charge < -0.3 is 20.1 Å². The molecule has 0 saturated carbocycles. The van der Waals surface area contributed by atoms with Crippen molar-refractivity contribution < 1.29 is 14.0 Å². The van der Waals surface area contributed by atoms with Gasteiger partial charge in [-0.25, -0.2) is 9.37 Å². The molecule has 1 saturated heterocycles. The molecule has 2 aromatic carbocycles. The number of nitrogens with one attached hydrogen (secondary N) is 2. The van der Waals surface area contributed by atoms with Crippen molar-refractivity contribution in [1.82, 2.24) is 19.8 Å². The number of benzene rings is 2. The highest BCUT2D eigenvalue weighted by atomic mass is 19.1. The number of hydrogen-bond acceptors (Lipinski definition) is 4. The van der Waals surface area contributed by atoms with Gasteiger partial charge in [0.05, 0.1) is 24.1 Å². The van der Waals surface area contributed by atoms with E-state index in [0.717, 1.165) is 22.8 Å². The molecule has 1 fully saturated rings. The van der Waals surface area contributed by atoms with Gasteiger partial charge in [-0.15, -0.1) is 0 Å². The fraction of sp³-hybridized carbons (Fsp3) is 0.400. The number of nitrogens with zero attached hydrogens (tertiary/aromatic N) is 3. The summed E-state index contributed by atoms with van der Waals surface area (Å²) in [6.07, 6.45) is 11.9. The van der Waals surface area contributed by atoms with Crippen molar-refractivity contribution in [3.8, 4) is 0 Å². The Morgan fingerprint density at radius 2 is 1.93 bits per heavy atom. The lowest BCUT2D eigenvalue weighted by Gasteiger charge is -2.44. The number of carbonyl (C=O) groups is 2. The Morgan fingerprint density at radius 3 is 2.60 bits per heavy atom. The Labute approximate surface area is 253 Å². The number of hydrogen-bond donors (Lipinski definition) is 2. The first-order valence-corrected chi connectivity index (χ1v) is 15.1. The summed E-state index contributed by atoms with van der Waals surface area (Å²) < 4.78 is 17.0. The van der Waals surface area contributed by atoms with Crippen LogP contribution in [0.15, 0.2) is 78.8 Å². The third-order valence-electron chi connectivity index (χ3n) is 8.66. The molecule has 7 nitrogen and oxygen atoms in total. The molecule has 5 rings (SSSR count).